The first-order valence-corrected chi connectivity index (χ1v) is 7.40. The van der Waals surface area contributed by atoms with E-state index in [1.807, 2.05) is 30.0 Å². The quantitative estimate of drug-likeness (QED) is 0.659. The fraction of sp³-hybridized carbons (Fsp3) is 0.538. The van der Waals surface area contributed by atoms with Gasteiger partial charge in [0.2, 0.25) is 0 Å². The lowest BCUT2D eigenvalue weighted by molar-refractivity contribution is 0.375. The lowest BCUT2D eigenvalue weighted by atomic mass is 9.90. The maximum Gasteiger partial charge on any atom is 0.123 e. The van der Waals surface area contributed by atoms with Crippen LogP contribution in [0.3, 0.4) is 0 Å². The van der Waals surface area contributed by atoms with Crippen molar-refractivity contribution in [3.63, 3.8) is 0 Å². The molecule has 0 aliphatic carbocycles. The average Bonchev–Trinajstić information content (AvgIpc) is 2.78. The second-order valence-corrected chi connectivity index (χ2v) is 6.82. The van der Waals surface area contributed by atoms with Gasteiger partial charge in [0.05, 0.1) is 13.2 Å². The van der Waals surface area contributed by atoms with Gasteiger partial charge in [-0.05, 0) is 43.7 Å². The molecule has 0 aromatic heterocycles. The summed E-state index contributed by atoms with van der Waals surface area (Å²) in [6, 6.07) is 5.71. The molecule has 1 heterocycles. The summed E-state index contributed by atoms with van der Waals surface area (Å²) in [7, 11) is 1.67. The van der Waals surface area contributed by atoms with E-state index in [2.05, 4.69) is 12.3 Å². The van der Waals surface area contributed by atoms with Crippen molar-refractivity contribution in [2.45, 2.75) is 30.6 Å². The average molecular weight is 287 g/mol. The number of thioether (sulfide) groups is 1. The topological polar surface area (TPSA) is 47.3 Å². The zero-order valence-corrected chi connectivity index (χ0v) is 12.3. The fourth-order valence-electron chi connectivity index (χ4n) is 2.55. The minimum absolute atomic E-state index is 0.0404. The van der Waals surface area contributed by atoms with Gasteiger partial charge in [-0.3, -0.25) is 11.3 Å². The minimum atomic E-state index is 0.0404. The third-order valence-electron chi connectivity index (χ3n) is 3.53. The Labute approximate surface area is 117 Å². The number of benzene rings is 1. The molecule has 1 fully saturated rings. The Bertz CT molecular complexity index is 421. The van der Waals surface area contributed by atoms with Crippen LogP contribution in [0.2, 0.25) is 5.02 Å². The monoisotopic (exact) mass is 286 g/mol. The molecule has 100 valence electrons. The third kappa shape index (κ3) is 2.62. The van der Waals surface area contributed by atoms with E-state index < -0.39 is 0 Å². The van der Waals surface area contributed by atoms with Gasteiger partial charge in [0, 0.05) is 15.3 Å². The molecule has 3 nitrogen and oxygen atoms in total. The molecule has 0 saturated carbocycles. The van der Waals surface area contributed by atoms with E-state index >= 15 is 0 Å². The SMILES string of the molecule is COc1ccc(Cl)cc1C(NN)C1(C)CCCS1. The van der Waals surface area contributed by atoms with Gasteiger partial charge >= 0.3 is 0 Å². The van der Waals surface area contributed by atoms with Gasteiger partial charge in [0.1, 0.15) is 5.75 Å². The van der Waals surface area contributed by atoms with Gasteiger partial charge in [0.25, 0.3) is 0 Å². The first-order chi connectivity index (χ1) is 8.60. The molecule has 2 unspecified atom stereocenters. The molecule has 1 aromatic carbocycles. The second kappa shape index (κ2) is 5.70. The Morgan fingerprint density at radius 3 is 2.89 bits per heavy atom. The first kappa shape index (κ1) is 14.0. The summed E-state index contributed by atoms with van der Waals surface area (Å²) >= 11 is 8.05. The highest BCUT2D eigenvalue weighted by Gasteiger charge is 2.39. The summed E-state index contributed by atoms with van der Waals surface area (Å²) in [6.07, 6.45) is 2.37. The summed E-state index contributed by atoms with van der Waals surface area (Å²) in [6.45, 7) is 2.25. The van der Waals surface area contributed by atoms with Crippen LogP contribution in [0.15, 0.2) is 18.2 Å². The number of ether oxygens (including phenoxy) is 1. The van der Waals surface area contributed by atoms with Crippen molar-refractivity contribution >= 4 is 23.4 Å². The highest BCUT2D eigenvalue weighted by Crippen LogP contribution is 2.48. The normalized spacial score (nSPS) is 25.1. The van der Waals surface area contributed by atoms with Crippen LogP contribution in [0.4, 0.5) is 0 Å². The highest BCUT2D eigenvalue weighted by molar-refractivity contribution is 8.00. The number of hydrogen-bond donors (Lipinski definition) is 2. The van der Waals surface area contributed by atoms with Crippen LogP contribution in [0, 0.1) is 0 Å². The predicted octanol–water partition coefficient (Wildman–Crippen LogP) is 3.14. The van der Waals surface area contributed by atoms with Crippen molar-refractivity contribution in [1.82, 2.24) is 5.43 Å². The number of nitrogens with two attached hydrogens (primary N) is 1. The van der Waals surface area contributed by atoms with Crippen molar-refractivity contribution in [2.24, 2.45) is 5.84 Å². The molecular weight excluding hydrogens is 268 g/mol. The molecular formula is C13H19ClN2OS. The van der Waals surface area contributed by atoms with Crippen LogP contribution in [-0.2, 0) is 0 Å². The maximum absolute atomic E-state index is 6.10. The summed E-state index contributed by atoms with van der Waals surface area (Å²) in [4.78, 5) is 0. The molecule has 3 N–H and O–H groups in total. The van der Waals surface area contributed by atoms with Gasteiger partial charge in [0.15, 0.2) is 0 Å². The molecule has 5 heteroatoms. The molecule has 1 aromatic rings. The largest absolute Gasteiger partial charge is 0.496 e. The zero-order chi connectivity index (χ0) is 13.2. The number of methoxy groups -OCH3 is 1. The molecule has 18 heavy (non-hydrogen) atoms. The van der Waals surface area contributed by atoms with Crippen molar-refractivity contribution in [3.05, 3.63) is 28.8 Å². The summed E-state index contributed by atoms with van der Waals surface area (Å²) in [5, 5.41) is 0.706. The molecule has 1 aliphatic heterocycles. The first-order valence-electron chi connectivity index (χ1n) is 6.04. The van der Waals surface area contributed by atoms with E-state index in [4.69, 9.17) is 22.2 Å². The maximum atomic E-state index is 6.10. The van der Waals surface area contributed by atoms with Gasteiger partial charge in [-0.25, -0.2) is 0 Å². The van der Waals surface area contributed by atoms with Gasteiger partial charge < -0.3 is 4.74 Å². The molecule has 2 rings (SSSR count). The van der Waals surface area contributed by atoms with Crippen LogP contribution >= 0.6 is 23.4 Å². The van der Waals surface area contributed by atoms with E-state index in [-0.39, 0.29) is 10.8 Å². The van der Waals surface area contributed by atoms with Gasteiger partial charge in [-0.15, -0.1) is 0 Å². The molecule has 0 radical (unpaired) electrons. The Balaban J connectivity index is 2.40. The minimum Gasteiger partial charge on any atom is -0.496 e. The van der Waals surface area contributed by atoms with Crippen LogP contribution in [0.25, 0.3) is 0 Å². The summed E-state index contributed by atoms with van der Waals surface area (Å²) < 4.78 is 5.51. The Morgan fingerprint density at radius 1 is 1.56 bits per heavy atom. The van der Waals surface area contributed by atoms with Crippen LogP contribution < -0.4 is 16.0 Å². The van der Waals surface area contributed by atoms with E-state index in [0.29, 0.717) is 5.02 Å². The van der Waals surface area contributed by atoms with Crippen LogP contribution in [0.5, 0.6) is 5.75 Å². The number of hydrazine groups is 1. The summed E-state index contributed by atoms with van der Waals surface area (Å²) in [5.41, 5.74) is 3.98. The highest BCUT2D eigenvalue weighted by atomic mass is 35.5. The third-order valence-corrected chi connectivity index (χ3v) is 5.36. The van der Waals surface area contributed by atoms with Gasteiger partial charge in [-0.1, -0.05) is 11.6 Å². The number of hydrogen-bond acceptors (Lipinski definition) is 4. The molecule has 0 amide bonds. The van der Waals surface area contributed by atoms with Gasteiger partial charge in [-0.2, -0.15) is 11.8 Å². The molecule has 1 aliphatic rings. The molecule has 0 spiro atoms. The fourth-order valence-corrected chi connectivity index (χ4v) is 4.14. The smallest absolute Gasteiger partial charge is 0.123 e. The van der Waals surface area contributed by atoms with Crippen molar-refractivity contribution in [1.29, 1.82) is 0 Å². The zero-order valence-electron chi connectivity index (χ0n) is 10.7. The standard InChI is InChI=1S/C13H19ClN2OS/c1-13(6-3-7-18-13)12(16-15)10-8-9(14)4-5-11(10)17-2/h4-5,8,12,16H,3,6-7,15H2,1-2H3. The van der Waals surface area contributed by atoms with Crippen molar-refractivity contribution < 1.29 is 4.74 Å². The lowest BCUT2D eigenvalue weighted by Crippen LogP contribution is -2.41. The van der Waals surface area contributed by atoms with Crippen LogP contribution in [0.1, 0.15) is 31.4 Å². The Hall–Kier alpha value is -0.420. The van der Waals surface area contributed by atoms with Crippen molar-refractivity contribution in [2.75, 3.05) is 12.9 Å². The lowest BCUT2D eigenvalue weighted by Gasteiger charge is -2.34. The molecule has 0 bridgehead atoms. The Morgan fingerprint density at radius 2 is 2.33 bits per heavy atom. The summed E-state index contributed by atoms with van der Waals surface area (Å²) in [5.74, 6) is 7.79. The molecule has 2 atom stereocenters. The van der Waals surface area contributed by atoms with Crippen LogP contribution in [-0.4, -0.2) is 17.6 Å². The van der Waals surface area contributed by atoms with E-state index in [9.17, 15) is 0 Å². The van der Waals surface area contributed by atoms with Crippen molar-refractivity contribution in [3.8, 4) is 5.75 Å². The predicted molar refractivity (Wildman–Crippen MR) is 78.2 cm³/mol. The van der Waals surface area contributed by atoms with E-state index in [0.717, 1.165) is 17.7 Å². The van der Waals surface area contributed by atoms with E-state index in [1.54, 1.807) is 7.11 Å². The number of nitrogens with one attached hydrogen (secondary N) is 1. The van der Waals surface area contributed by atoms with E-state index in [1.165, 1.54) is 12.2 Å². The Kier molecular flexibility index (Phi) is 4.43. The second-order valence-electron chi connectivity index (χ2n) is 4.75. The number of halogens is 1. The molecule has 1 saturated heterocycles. The number of rotatable bonds is 4.